The highest BCUT2D eigenvalue weighted by molar-refractivity contribution is 6.18. The molecule has 0 radical (unpaired) electrons. The number of aliphatic hydroxyl groups is 1. The van der Waals surface area contributed by atoms with Crippen molar-refractivity contribution in [3.63, 3.8) is 0 Å². The van der Waals surface area contributed by atoms with E-state index < -0.39 is 11.5 Å². The molecule has 0 bridgehead atoms. The van der Waals surface area contributed by atoms with E-state index >= 15 is 0 Å². The molecule has 0 spiro atoms. The van der Waals surface area contributed by atoms with Crippen molar-refractivity contribution in [2.75, 3.05) is 6.61 Å². The van der Waals surface area contributed by atoms with Gasteiger partial charge in [0.25, 0.3) is 0 Å². The molecule has 0 amide bonds. The zero-order chi connectivity index (χ0) is 12.1. The van der Waals surface area contributed by atoms with Gasteiger partial charge in [0.1, 0.15) is 23.3 Å². The lowest BCUT2D eigenvalue weighted by molar-refractivity contribution is -0.117. The maximum atomic E-state index is 11.2. The average molecular weight is 218 g/mol. The molecule has 0 unspecified atom stereocenters. The van der Waals surface area contributed by atoms with Crippen LogP contribution in [0.3, 0.4) is 0 Å². The van der Waals surface area contributed by atoms with Crippen LogP contribution >= 0.6 is 0 Å². The Hall–Kier alpha value is -2.27. The van der Waals surface area contributed by atoms with Crippen LogP contribution in [-0.4, -0.2) is 17.5 Å². The number of ether oxygens (including phenoxy) is 1. The lowest BCUT2D eigenvalue weighted by atomic mass is 9.91. The van der Waals surface area contributed by atoms with Gasteiger partial charge in [0.05, 0.1) is 6.61 Å². The molecule has 5 nitrogen and oxygen atoms in total. The van der Waals surface area contributed by atoms with Gasteiger partial charge in [0, 0.05) is 0 Å². The van der Waals surface area contributed by atoms with E-state index in [0.717, 1.165) is 12.8 Å². The highest BCUT2D eigenvalue weighted by Crippen LogP contribution is 2.32. The molecule has 0 atom stereocenters. The molecular weight excluding hydrogens is 208 g/mol. The number of aliphatic hydroxyl groups excluding tert-OH is 1. The Balaban J connectivity index is 2.93. The summed E-state index contributed by atoms with van der Waals surface area (Å²) in [5.41, 5.74) is -0.437. The van der Waals surface area contributed by atoms with Crippen molar-refractivity contribution in [3.05, 3.63) is 22.7 Å². The quantitative estimate of drug-likeness (QED) is 0.438. The van der Waals surface area contributed by atoms with Crippen LogP contribution in [0.25, 0.3) is 0 Å². The molecule has 0 aromatic heterocycles. The molecule has 0 saturated carbocycles. The molecule has 1 aliphatic rings. The number of Topliss-reactive ketones (excluding diaryl/α,β-unsaturated/α-hetero) is 1. The predicted octanol–water partition coefficient (Wildman–Crippen LogP) is 1.50. The third-order valence-corrected chi connectivity index (χ3v) is 2.10. The number of hydrogen-bond acceptors (Lipinski definition) is 5. The van der Waals surface area contributed by atoms with Gasteiger partial charge >= 0.3 is 0 Å². The predicted molar refractivity (Wildman–Crippen MR) is 53.8 cm³/mol. The molecule has 0 aromatic rings. The second kappa shape index (κ2) is 4.99. The fourth-order valence-electron chi connectivity index (χ4n) is 1.20. The second-order valence-electron chi connectivity index (χ2n) is 3.18. The number of nitrogens with zero attached hydrogens (tertiary/aromatic N) is 2. The molecule has 1 aliphatic carbocycles. The molecular formula is C11H10N2O3. The molecule has 5 heteroatoms. The Morgan fingerprint density at radius 2 is 2.06 bits per heavy atom. The monoisotopic (exact) mass is 218 g/mol. The lowest BCUT2D eigenvalue weighted by Crippen LogP contribution is -2.25. The van der Waals surface area contributed by atoms with Crippen LogP contribution in [0.5, 0.6) is 0 Å². The standard InChI is InChI=1S/C11H10N2O3/c1-2-3-4-16-11-8(7(5-12)6-13)9(14)10(11)15/h15H,2-4H2,1H3. The van der Waals surface area contributed by atoms with E-state index in [2.05, 4.69) is 0 Å². The Morgan fingerprint density at radius 3 is 2.56 bits per heavy atom. The van der Waals surface area contributed by atoms with Gasteiger partial charge in [-0.3, -0.25) is 4.79 Å². The van der Waals surface area contributed by atoms with Crippen LogP contribution in [0.1, 0.15) is 19.8 Å². The minimum absolute atomic E-state index is 0.0310. The summed E-state index contributed by atoms with van der Waals surface area (Å²) in [5, 5.41) is 26.5. The van der Waals surface area contributed by atoms with E-state index in [4.69, 9.17) is 15.3 Å². The van der Waals surface area contributed by atoms with Gasteiger partial charge in [-0.15, -0.1) is 0 Å². The molecule has 1 N–H and O–H groups in total. The SMILES string of the molecule is CCCCOC1=C(O)C(=O)C1=C(C#N)C#N. The van der Waals surface area contributed by atoms with Crippen molar-refractivity contribution in [1.29, 1.82) is 10.5 Å². The van der Waals surface area contributed by atoms with Crippen LogP contribution in [-0.2, 0) is 9.53 Å². The summed E-state index contributed by atoms with van der Waals surface area (Å²) >= 11 is 0. The zero-order valence-corrected chi connectivity index (χ0v) is 8.78. The molecule has 82 valence electrons. The summed E-state index contributed by atoms with van der Waals surface area (Å²) < 4.78 is 5.15. The second-order valence-corrected chi connectivity index (χ2v) is 3.18. The number of carbonyl (C=O) groups is 1. The van der Waals surface area contributed by atoms with Gasteiger partial charge in [0.15, 0.2) is 5.76 Å². The number of nitriles is 2. The average Bonchev–Trinajstić information content (AvgIpc) is 2.32. The van der Waals surface area contributed by atoms with E-state index in [-0.39, 0.29) is 16.9 Å². The molecule has 0 aromatic carbocycles. The maximum absolute atomic E-state index is 11.2. The lowest BCUT2D eigenvalue weighted by Gasteiger charge is -2.21. The summed E-state index contributed by atoms with van der Waals surface area (Å²) in [6.45, 7) is 2.31. The molecule has 0 fully saturated rings. The minimum Gasteiger partial charge on any atom is -0.502 e. The maximum Gasteiger partial charge on any atom is 0.237 e. The highest BCUT2D eigenvalue weighted by Gasteiger charge is 2.38. The van der Waals surface area contributed by atoms with E-state index in [1.54, 1.807) is 12.1 Å². The summed E-state index contributed by atoms with van der Waals surface area (Å²) in [5.74, 6) is -1.24. The topological polar surface area (TPSA) is 94.1 Å². The van der Waals surface area contributed by atoms with Crippen LogP contribution in [0.4, 0.5) is 0 Å². The highest BCUT2D eigenvalue weighted by atomic mass is 16.5. The summed E-state index contributed by atoms with van der Waals surface area (Å²) in [4.78, 5) is 11.2. The van der Waals surface area contributed by atoms with E-state index in [1.165, 1.54) is 0 Å². The van der Waals surface area contributed by atoms with Gasteiger partial charge in [-0.2, -0.15) is 10.5 Å². The van der Waals surface area contributed by atoms with Gasteiger partial charge in [-0.05, 0) is 6.42 Å². The van der Waals surface area contributed by atoms with Gasteiger partial charge in [-0.1, -0.05) is 13.3 Å². The van der Waals surface area contributed by atoms with Crippen LogP contribution in [0.2, 0.25) is 0 Å². The summed E-state index contributed by atoms with van der Waals surface area (Å²) in [6.07, 6.45) is 1.68. The van der Waals surface area contributed by atoms with Crippen molar-refractivity contribution < 1.29 is 14.6 Å². The fourth-order valence-corrected chi connectivity index (χ4v) is 1.20. The third-order valence-electron chi connectivity index (χ3n) is 2.10. The molecule has 0 heterocycles. The van der Waals surface area contributed by atoms with Crippen molar-refractivity contribution in [1.82, 2.24) is 0 Å². The van der Waals surface area contributed by atoms with E-state index in [0.29, 0.717) is 6.61 Å². The number of carbonyl (C=O) groups excluding carboxylic acids is 1. The molecule has 0 saturated heterocycles. The van der Waals surface area contributed by atoms with Crippen molar-refractivity contribution in [2.24, 2.45) is 0 Å². The minimum atomic E-state index is -0.704. The number of ketones is 1. The van der Waals surface area contributed by atoms with Crippen LogP contribution < -0.4 is 0 Å². The van der Waals surface area contributed by atoms with E-state index in [1.807, 2.05) is 6.92 Å². The van der Waals surface area contributed by atoms with Crippen molar-refractivity contribution in [3.8, 4) is 12.1 Å². The largest absolute Gasteiger partial charge is 0.502 e. The Labute approximate surface area is 92.9 Å². The zero-order valence-electron chi connectivity index (χ0n) is 8.78. The number of unbranched alkanes of at least 4 members (excludes halogenated alkanes) is 1. The normalized spacial score (nSPS) is 13.9. The smallest absolute Gasteiger partial charge is 0.237 e. The third kappa shape index (κ3) is 1.89. The molecule has 1 rings (SSSR count). The van der Waals surface area contributed by atoms with Crippen LogP contribution in [0, 0.1) is 22.7 Å². The molecule has 16 heavy (non-hydrogen) atoms. The summed E-state index contributed by atoms with van der Waals surface area (Å²) in [7, 11) is 0. The van der Waals surface area contributed by atoms with Gasteiger partial charge in [0.2, 0.25) is 11.5 Å². The molecule has 0 aliphatic heterocycles. The van der Waals surface area contributed by atoms with E-state index in [9.17, 15) is 9.90 Å². The first-order chi connectivity index (χ1) is 7.67. The first-order valence-corrected chi connectivity index (χ1v) is 4.82. The Morgan fingerprint density at radius 1 is 1.44 bits per heavy atom. The van der Waals surface area contributed by atoms with Crippen molar-refractivity contribution in [2.45, 2.75) is 19.8 Å². The van der Waals surface area contributed by atoms with Gasteiger partial charge in [-0.25, -0.2) is 0 Å². The first kappa shape index (κ1) is 11.8. The number of rotatable bonds is 4. The summed E-state index contributed by atoms with van der Waals surface area (Å²) in [6, 6.07) is 3.19. The Kier molecular flexibility index (Phi) is 3.68. The fraction of sp³-hybridized carbons (Fsp3) is 0.364. The van der Waals surface area contributed by atoms with Gasteiger partial charge < -0.3 is 9.84 Å². The first-order valence-electron chi connectivity index (χ1n) is 4.82. The van der Waals surface area contributed by atoms with Crippen molar-refractivity contribution >= 4 is 5.78 Å². The number of hydrogen-bond donors (Lipinski definition) is 1. The Bertz CT molecular complexity index is 445. The van der Waals surface area contributed by atoms with Crippen LogP contribution in [0.15, 0.2) is 22.7 Å². The number of allylic oxidation sites excluding steroid dienone is 3.